The Morgan fingerprint density at radius 2 is 2.24 bits per heavy atom. The van der Waals surface area contributed by atoms with Crippen LogP contribution in [-0.2, 0) is 19.6 Å². The second kappa shape index (κ2) is 5.51. The molecule has 1 aliphatic rings. The van der Waals surface area contributed by atoms with Crippen molar-refractivity contribution in [3.05, 3.63) is 35.2 Å². The molecule has 1 N–H and O–H groups in total. The van der Waals surface area contributed by atoms with Gasteiger partial charge in [0.1, 0.15) is 12.4 Å². The maximum absolute atomic E-state index is 11.2. The summed E-state index contributed by atoms with van der Waals surface area (Å²) in [5.41, 5.74) is 0.563. The van der Waals surface area contributed by atoms with Crippen LogP contribution in [0.3, 0.4) is 0 Å². The highest BCUT2D eigenvalue weighted by Gasteiger charge is 2.18. The van der Waals surface area contributed by atoms with Crippen LogP contribution in [0.5, 0.6) is 5.75 Å². The Morgan fingerprint density at radius 3 is 3.05 bits per heavy atom. The molecule has 3 rings (SSSR count). The molecule has 0 radical (unpaired) electrons. The Labute approximate surface area is 121 Å². The fourth-order valence-corrected chi connectivity index (χ4v) is 2.43. The van der Waals surface area contributed by atoms with Gasteiger partial charge in [-0.15, -0.1) is 10.2 Å². The van der Waals surface area contributed by atoms with Crippen LogP contribution in [-0.4, -0.2) is 30.8 Å². The molecule has 0 saturated heterocycles. The summed E-state index contributed by atoms with van der Waals surface area (Å²) < 4.78 is 7.64. The standard InChI is InChI=1S/C14H16N4O3/c1-9-5-6-10(13(15-9)14(19)20)21-8-12-17-16-11-4-2-3-7-18(11)12/h5-6H,2-4,7-8H2,1H3,(H,19,20). The predicted molar refractivity (Wildman–Crippen MR) is 73.2 cm³/mol. The van der Waals surface area contributed by atoms with Gasteiger partial charge in [-0.25, -0.2) is 9.78 Å². The first-order valence-corrected chi connectivity index (χ1v) is 6.90. The molecule has 0 fully saturated rings. The monoisotopic (exact) mass is 288 g/mol. The third kappa shape index (κ3) is 2.72. The Morgan fingerprint density at radius 1 is 1.38 bits per heavy atom. The summed E-state index contributed by atoms with van der Waals surface area (Å²) in [5, 5.41) is 17.4. The molecule has 7 heteroatoms. The largest absolute Gasteiger partial charge is 0.483 e. The Kier molecular flexibility index (Phi) is 3.55. The van der Waals surface area contributed by atoms with Crippen molar-refractivity contribution >= 4 is 5.97 Å². The van der Waals surface area contributed by atoms with E-state index in [1.807, 2.05) is 4.57 Å². The normalized spacial score (nSPS) is 13.8. The van der Waals surface area contributed by atoms with Crippen LogP contribution in [0.4, 0.5) is 0 Å². The highest BCUT2D eigenvalue weighted by Crippen LogP contribution is 2.20. The lowest BCUT2D eigenvalue weighted by atomic mass is 10.2. The zero-order valence-electron chi connectivity index (χ0n) is 11.7. The minimum Gasteiger partial charge on any atom is -0.483 e. The molecule has 110 valence electrons. The first-order chi connectivity index (χ1) is 10.1. The van der Waals surface area contributed by atoms with E-state index in [0.29, 0.717) is 5.69 Å². The third-order valence-electron chi connectivity index (χ3n) is 3.49. The number of hydrogen-bond donors (Lipinski definition) is 1. The summed E-state index contributed by atoms with van der Waals surface area (Å²) >= 11 is 0. The summed E-state index contributed by atoms with van der Waals surface area (Å²) in [4.78, 5) is 15.2. The summed E-state index contributed by atoms with van der Waals surface area (Å²) in [6, 6.07) is 3.35. The minimum absolute atomic E-state index is 0.0756. The third-order valence-corrected chi connectivity index (χ3v) is 3.49. The highest BCUT2D eigenvalue weighted by molar-refractivity contribution is 5.88. The lowest BCUT2D eigenvalue weighted by Gasteiger charge is -2.15. The highest BCUT2D eigenvalue weighted by atomic mass is 16.5. The van der Waals surface area contributed by atoms with E-state index in [1.54, 1.807) is 19.1 Å². The molecule has 0 saturated carbocycles. The van der Waals surface area contributed by atoms with Gasteiger partial charge in [0, 0.05) is 18.7 Å². The molecule has 3 heterocycles. The number of ether oxygens (including phenoxy) is 1. The maximum Gasteiger partial charge on any atom is 0.358 e. The van der Waals surface area contributed by atoms with Gasteiger partial charge in [-0.05, 0) is 31.9 Å². The van der Waals surface area contributed by atoms with Gasteiger partial charge >= 0.3 is 5.97 Å². The second-order valence-corrected chi connectivity index (χ2v) is 5.03. The number of fused-ring (bicyclic) bond motifs is 1. The predicted octanol–water partition coefficient (Wildman–Crippen LogP) is 1.60. The maximum atomic E-state index is 11.2. The van der Waals surface area contributed by atoms with E-state index in [-0.39, 0.29) is 18.1 Å². The molecular weight excluding hydrogens is 272 g/mol. The quantitative estimate of drug-likeness (QED) is 0.919. The Hall–Kier alpha value is -2.44. The van der Waals surface area contributed by atoms with Gasteiger partial charge < -0.3 is 14.4 Å². The number of carboxylic acids is 1. The van der Waals surface area contributed by atoms with Gasteiger partial charge in [0.05, 0.1) is 0 Å². The summed E-state index contributed by atoms with van der Waals surface area (Å²) in [7, 11) is 0. The molecule has 0 amide bonds. The minimum atomic E-state index is -1.10. The van der Waals surface area contributed by atoms with Gasteiger partial charge in [-0.3, -0.25) is 0 Å². The van der Waals surface area contributed by atoms with E-state index >= 15 is 0 Å². The number of hydrogen-bond acceptors (Lipinski definition) is 5. The molecule has 21 heavy (non-hydrogen) atoms. The number of nitrogens with zero attached hydrogens (tertiary/aromatic N) is 4. The van der Waals surface area contributed by atoms with E-state index in [4.69, 9.17) is 9.84 Å². The molecule has 0 atom stereocenters. The number of pyridine rings is 1. The topological polar surface area (TPSA) is 90.1 Å². The van der Waals surface area contributed by atoms with E-state index < -0.39 is 5.97 Å². The van der Waals surface area contributed by atoms with Crippen molar-refractivity contribution in [2.45, 2.75) is 39.3 Å². The van der Waals surface area contributed by atoms with E-state index in [9.17, 15) is 4.79 Å². The zero-order valence-corrected chi connectivity index (χ0v) is 11.7. The SMILES string of the molecule is Cc1ccc(OCc2nnc3n2CCCC3)c(C(=O)O)n1. The summed E-state index contributed by atoms with van der Waals surface area (Å²) in [6.07, 6.45) is 3.16. The van der Waals surface area contributed by atoms with Gasteiger partial charge in [-0.2, -0.15) is 0 Å². The van der Waals surface area contributed by atoms with E-state index in [0.717, 1.165) is 37.5 Å². The van der Waals surface area contributed by atoms with Crippen molar-refractivity contribution in [3.63, 3.8) is 0 Å². The van der Waals surface area contributed by atoms with Crippen LogP contribution in [0.15, 0.2) is 12.1 Å². The van der Waals surface area contributed by atoms with Gasteiger partial charge in [-0.1, -0.05) is 0 Å². The van der Waals surface area contributed by atoms with Crippen LogP contribution in [0.1, 0.15) is 40.7 Å². The van der Waals surface area contributed by atoms with Crippen molar-refractivity contribution in [2.24, 2.45) is 0 Å². The molecule has 0 aromatic carbocycles. The zero-order chi connectivity index (χ0) is 14.8. The number of aryl methyl sites for hydroxylation is 2. The lowest BCUT2D eigenvalue weighted by molar-refractivity contribution is 0.0684. The smallest absolute Gasteiger partial charge is 0.358 e. The fourth-order valence-electron chi connectivity index (χ4n) is 2.43. The fraction of sp³-hybridized carbons (Fsp3) is 0.429. The van der Waals surface area contributed by atoms with Crippen LogP contribution < -0.4 is 4.74 Å². The number of carboxylic acid groups (broad SMARTS) is 1. The van der Waals surface area contributed by atoms with Gasteiger partial charge in [0.15, 0.2) is 17.3 Å². The van der Waals surface area contributed by atoms with Crippen molar-refractivity contribution in [2.75, 3.05) is 0 Å². The molecule has 0 bridgehead atoms. The molecule has 0 aliphatic carbocycles. The van der Waals surface area contributed by atoms with Crippen molar-refractivity contribution < 1.29 is 14.6 Å². The number of carbonyl (C=O) groups is 1. The molecular formula is C14H16N4O3. The summed E-state index contributed by atoms with van der Waals surface area (Å²) in [6.45, 7) is 2.82. The van der Waals surface area contributed by atoms with E-state index in [2.05, 4.69) is 15.2 Å². The van der Waals surface area contributed by atoms with Crippen molar-refractivity contribution in [1.29, 1.82) is 0 Å². The van der Waals surface area contributed by atoms with Crippen LogP contribution in [0.2, 0.25) is 0 Å². The Balaban J connectivity index is 1.79. The van der Waals surface area contributed by atoms with Crippen LogP contribution in [0.25, 0.3) is 0 Å². The van der Waals surface area contributed by atoms with Gasteiger partial charge in [0.25, 0.3) is 0 Å². The molecule has 0 spiro atoms. The van der Waals surface area contributed by atoms with Crippen LogP contribution >= 0.6 is 0 Å². The molecule has 0 unspecified atom stereocenters. The number of rotatable bonds is 4. The average molecular weight is 288 g/mol. The molecule has 2 aromatic heterocycles. The molecule has 1 aliphatic heterocycles. The molecule has 2 aromatic rings. The number of aromatic carboxylic acids is 1. The first-order valence-electron chi connectivity index (χ1n) is 6.90. The average Bonchev–Trinajstić information content (AvgIpc) is 2.89. The molecule has 7 nitrogen and oxygen atoms in total. The van der Waals surface area contributed by atoms with Crippen molar-refractivity contribution in [3.8, 4) is 5.75 Å². The van der Waals surface area contributed by atoms with Crippen molar-refractivity contribution in [1.82, 2.24) is 19.7 Å². The lowest BCUT2D eigenvalue weighted by Crippen LogP contribution is -2.15. The number of aromatic nitrogens is 4. The summed E-state index contributed by atoms with van der Waals surface area (Å²) in [5.74, 6) is 0.847. The second-order valence-electron chi connectivity index (χ2n) is 5.03. The van der Waals surface area contributed by atoms with Crippen LogP contribution in [0, 0.1) is 6.92 Å². The Bertz CT molecular complexity index is 681. The first kappa shape index (κ1) is 13.5. The van der Waals surface area contributed by atoms with Gasteiger partial charge in [0.2, 0.25) is 0 Å². The van der Waals surface area contributed by atoms with E-state index in [1.165, 1.54) is 0 Å².